The molecule has 0 fully saturated rings. The van der Waals surface area contributed by atoms with Gasteiger partial charge in [0, 0.05) is 5.69 Å². The number of hydrogen-bond acceptors (Lipinski definition) is 4. The van der Waals surface area contributed by atoms with Crippen molar-refractivity contribution in [3.63, 3.8) is 0 Å². The van der Waals surface area contributed by atoms with Gasteiger partial charge in [0.1, 0.15) is 17.6 Å². The zero-order chi connectivity index (χ0) is 16.2. The normalized spacial score (nSPS) is 13.3. The van der Waals surface area contributed by atoms with Crippen molar-refractivity contribution in [2.24, 2.45) is 5.92 Å². The van der Waals surface area contributed by atoms with Crippen LogP contribution in [-0.2, 0) is 17.5 Å². The lowest BCUT2D eigenvalue weighted by Crippen LogP contribution is -2.35. The molecule has 2 N–H and O–H groups in total. The molecule has 0 saturated heterocycles. The van der Waals surface area contributed by atoms with Crippen LogP contribution in [0.1, 0.15) is 37.5 Å². The van der Waals surface area contributed by atoms with E-state index in [2.05, 4.69) is 15.3 Å². The molecule has 1 aromatic rings. The number of aliphatic hydroxyl groups excluding tert-OH is 1. The second-order valence-electron chi connectivity index (χ2n) is 5.17. The van der Waals surface area contributed by atoms with Crippen molar-refractivity contribution in [3.8, 4) is 0 Å². The summed E-state index contributed by atoms with van der Waals surface area (Å²) in [7, 11) is 0. The number of hydrogen-bond donors (Lipinski definition) is 2. The van der Waals surface area contributed by atoms with Crippen LogP contribution in [0.4, 0.5) is 13.2 Å². The van der Waals surface area contributed by atoms with Crippen molar-refractivity contribution >= 4 is 5.91 Å². The topological polar surface area (TPSA) is 75.1 Å². The summed E-state index contributed by atoms with van der Waals surface area (Å²) in [6, 6.07) is 0.832. The molecule has 1 heterocycles. The number of amides is 1. The second kappa shape index (κ2) is 6.84. The number of aliphatic hydroxyl groups is 1. The zero-order valence-corrected chi connectivity index (χ0v) is 12.0. The fourth-order valence-corrected chi connectivity index (χ4v) is 1.69. The van der Waals surface area contributed by atoms with Crippen molar-refractivity contribution in [1.29, 1.82) is 0 Å². The van der Waals surface area contributed by atoms with Crippen LogP contribution in [0.3, 0.4) is 0 Å². The predicted octanol–water partition coefficient (Wildman–Crippen LogP) is 1.83. The Morgan fingerprint density at radius 3 is 2.52 bits per heavy atom. The van der Waals surface area contributed by atoms with Gasteiger partial charge in [-0.1, -0.05) is 13.8 Å². The number of alkyl halides is 3. The average molecular weight is 305 g/mol. The Morgan fingerprint density at radius 2 is 2.00 bits per heavy atom. The van der Waals surface area contributed by atoms with Crippen LogP contribution in [0.15, 0.2) is 6.07 Å². The van der Waals surface area contributed by atoms with Crippen LogP contribution < -0.4 is 5.32 Å². The first-order chi connectivity index (χ1) is 9.59. The number of carbonyl (C=O) groups is 1. The number of carbonyl (C=O) groups excluding carboxylic acids is 1. The van der Waals surface area contributed by atoms with Gasteiger partial charge in [0.2, 0.25) is 5.91 Å². The molecule has 0 spiro atoms. The molecule has 0 aliphatic rings. The molecule has 118 valence electrons. The van der Waals surface area contributed by atoms with E-state index in [1.54, 1.807) is 0 Å². The van der Waals surface area contributed by atoms with Crippen molar-refractivity contribution in [2.45, 2.75) is 46.0 Å². The summed E-state index contributed by atoms with van der Waals surface area (Å²) >= 11 is 0. The van der Waals surface area contributed by atoms with Gasteiger partial charge < -0.3 is 10.4 Å². The van der Waals surface area contributed by atoms with Crippen molar-refractivity contribution < 1.29 is 23.1 Å². The highest BCUT2D eigenvalue weighted by atomic mass is 19.4. The zero-order valence-electron chi connectivity index (χ0n) is 12.0. The molecule has 0 unspecified atom stereocenters. The highest BCUT2D eigenvalue weighted by Gasteiger charge is 2.33. The molecular formula is C13H18F3N3O2. The number of nitrogens with zero attached hydrogens (tertiary/aromatic N) is 2. The van der Waals surface area contributed by atoms with Crippen LogP contribution in [-0.4, -0.2) is 27.1 Å². The molecule has 0 radical (unpaired) electrons. The lowest BCUT2D eigenvalue weighted by molar-refractivity contribution is -0.141. The molecule has 21 heavy (non-hydrogen) atoms. The summed E-state index contributed by atoms with van der Waals surface area (Å²) in [4.78, 5) is 18.8. The number of halogens is 3. The van der Waals surface area contributed by atoms with E-state index in [1.165, 1.54) is 6.92 Å². The lowest BCUT2D eigenvalue weighted by atomic mass is 10.1. The molecule has 0 aromatic carbocycles. The van der Waals surface area contributed by atoms with E-state index in [0.717, 1.165) is 6.07 Å². The molecule has 5 nitrogen and oxygen atoms in total. The van der Waals surface area contributed by atoms with Gasteiger partial charge in [-0.2, -0.15) is 13.2 Å². The number of rotatable bonds is 5. The fraction of sp³-hybridized carbons (Fsp3) is 0.615. The summed E-state index contributed by atoms with van der Waals surface area (Å²) in [5.74, 6) is -0.674. The first-order valence-electron chi connectivity index (χ1n) is 6.47. The van der Waals surface area contributed by atoms with Crippen LogP contribution in [0, 0.1) is 12.8 Å². The number of nitrogens with one attached hydrogen (secondary N) is 1. The number of aromatic nitrogens is 2. The quantitative estimate of drug-likeness (QED) is 0.870. The van der Waals surface area contributed by atoms with Crippen LogP contribution in [0.2, 0.25) is 0 Å². The third kappa shape index (κ3) is 5.66. The van der Waals surface area contributed by atoms with Gasteiger partial charge in [-0.05, 0) is 25.3 Å². The molecular weight excluding hydrogens is 287 g/mol. The smallest absolute Gasteiger partial charge is 0.383 e. The Balaban J connectivity index is 2.72. The maximum Gasteiger partial charge on any atom is 0.433 e. The summed E-state index contributed by atoms with van der Waals surface area (Å²) < 4.78 is 37.8. The Labute approximate surface area is 120 Å². The molecule has 1 rings (SSSR count). The maximum atomic E-state index is 12.6. The molecule has 0 bridgehead atoms. The monoisotopic (exact) mass is 305 g/mol. The van der Waals surface area contributed by atoms with Crippen LogP contribution >= 0.6 is 0 Å². The molecule has 0 aliphatic heterocycles. The van der Waals surface area contributed by atoms with E-state index >= 15 is 0 Å². The Morgan fingerprint density at radius 1 is 1.38 bits per heavy atom. The van der Waals surface area contributed by atoms with E-state index in [9.17, 15) is 23.1 Å². The van der Waals surface area contributed by atoms with E-state index in [4.69, 9.17) is 0 Å². The first-order valence-corrected chi connectivity index (χ1v) is 6.47. The van der Waals surface area contributed by atoms with Crippen LogP contribution in [0.25, 0.3) is 0 Å². The van der Waals surface area contributed by atoms with Gasteiger partial charge in [-0.25, -0.2) is 9.97 Å². The second-order valence-corrected chi connectivity index (χ2v) is 5.17. The average Bonchev–Trinajstić information content (AvgIpc) is 2.33. The fourth-order valence-electron chi connectivity index (χ4n) is 1.69. The van der Waals surface area contributed by atoms with E-state index in [1.807, 2.05) is 13.8 Å². The minimum Gasteiger partial charge on any atom is -0.383 e. The maximum absolute atomic E-state index is 12.6. The molecule has 8 heteroatoms. The largest absolute Gasteiger partial charge is 0.433 e. The molecule has 1 atom stereocenters. The van der Waals surface area contributed by atoms with Crippen molar-refractivity contribution in [1.82, 2.24) is 15.3 Å². The van der Waals surface area contributed by atoms with Crippen molar-refractivity contribution in [3.05, 3.63) is 23.3 Å². The Hall–Kier alpha value is -1.70. The predicted molar refractivity (Wildman–Crippen MR) is 69.1 cm³/mol. The summed E-state index contributed by atoms with van der Waals surface area (Å²) in [5, 5.41) is 11.9. The van der Waals surface area contributed by atoms with Crippen molar-refractivity contribution in [2.75, 3.05) is 0 Å². The minimum atomic E-state index is -4.57. The standard InChI is InChI=1S/C13H18F3N3O2/c1-7(2)4-9(20)12(21)17-6-11-18-8(3)5-10(19-11)13(14,15)16/h5,7,9,20H,4,6H2,1-3H3,(H,17,21)/t9-/m1/s1. The highest BCUT2D eigenvalue weighted by Crippen LogP contribution is 2.27. The Bertz CT molecular complexity index is 504. The van der Waals surface area contributed by atoms with Gasteiger partial charge in [-0.15, -0.1) is 0 Å². The first kappa shape index (κ1) is 17.4. The van der Waals surface area contributed by atoms with Gasteiger partial charge >= 0.3 is 6.18 Å². The van der Waals surface area contributed by atoms with Gasteiger partial charge in [0.25, 0.3) is 0 Å². The summed E-state index contributed by atoms with van der Waals surface area (Å²) in [6.45, 7) is 4.83. The lowest BCUT2D eigenvalue weighted by Gasteiger charge is -2.13. The SMILES string of the molecule is Cc1cc(C(F)(F)F)nc(CNC(=O)[C@H](O)CC(C)C)n1. The van der Waals surface area contributed by atoms with E-state index in [0.29, 0.717) is 0 Å². The molecule has 1 aromatic heterocycles. The van der Waals surface area contributed by atoms with Gasteiger partial charge in [0.15, 0.2) is 0 Å². The van der Waals surface area contributed by atoms with Gasteiger partial charge in [0.05, 0.1) is 6.54 Å². The number of aryl methyl sites for hydroxylation is 1. The van der Waals surface area contributed by atoms with Gasteiger partial charge in [-0.3, -0.25) is 4.79 Å². The highest BCUT2D eigenvalue weighted by molar-refractivity contribution is 5.80. The minimum absolute atomic E-state index is 0.123. The summed E-state index contributed by atoms with van der Waals surface area (Å²) in [6.07, 6.45) is -5.49. The van der Waals surface area contributed by atoms with E-state index in [-0.39, 0.29) is 30.4 Å². The third-order valence-corrected chi connectivity index (χ3v) is 2.61. The summed E-state index contributed by atoms with van der Waals surface area (Å²) in [5.41, 5.74) is -0.897. The molecule has 0 saturated carbocycles. The Kier molecular flexibility index (Phi) is 5.65. The van der Waals surface area contributed by atoms with E-state index < -0.39 is 23.9 Å². The molecule has 0 aliphatic carbocycles. The third-order valence-electron chi connectivity index (χ3n) is 2.61. The molecule has 1 amide bonds. The van der Waals surface area contributed by atoms with Crippen LogP contribution in [0.5, 0.6) is 0 Å².